The highest BCUT2D eigenvalue weighted by Gasteiger charge is 2.54. The Morgan fingerprint density at radius 3 is 2.64 bits per heavy atom. The Labute approximate surface area is 163 Å². The van der Waals surface area contributed by atoms with E-state index in [1.54, 1.807) is 12.0 Å². The normalized spacial score (nSPS) is 22.0. The maximum atomic E-state index is 13.5. The van der Waals surface area contributed by atoms with Crippen molar-refractivity contribution in [3.63, 3.8) is 0 Å². The van der Waals surface area contributed by atoms with Gasteiger partial charge in [0, 0.05) is 31.7 Å². The zero-order valence-electron chi connectivity index (χ0n) is 16.6. The van der Waals surface area contributed by atoms with Crippen LogP contribution in [0, 0.1) is 0 Å². The lowest BCUT2D eigenvalue weighted by molar-refractivity contribution is -0.174. The van der Waals surface area contributed by atoms with Crippen molar-refractivity contribution in [2.75, 3.05) is 41.0 Å². The van der Waals surface area contributed by atoms with Gasteiger partial charge in [0.15, 0.2) is 11.8 Å². The lowest BCUT2D eigenvalue weighted by atomic mass is 9.83. The number of piperazine rings is 1. The first-order valence-corrected chi connectivity index (χ1v) is 9.28. The lowest BCUT2D eigenvalue weighted by Gasteiger charge is -2.49. The molecule has 2 amide bonds. The number of hydrogen-bond acceptors (Lipinski definition) is 5. The number of benzene rings is 1. The smallest absolute Gasteiger partial charge is 0.255 e. The molecule has 0 spiro atoms. The van der Waals surface area contributed by atoms with Crippen LogP contribution in [0.3, 0.4) is 0 Å². The Kier molecular flexibility index (Phi) is 4.55. The minimum atomic E-state index is -1.08. The van der Waals surface area contributed by atoms with Crippen molar-refractivity contribution in [2.45, 2.75) is 25.2 Å². The molecule has 2 aliphatic heterocycles. The summed E-state index contributed by atoms with van der Waals surface area (Å²) in [6.07, 6.45) is 0.109. The molecule has 0 aliphatic carbocycles. The molecule has 0 unspecified atom stereocenters. The molecule has 3 heterocycles. The van der Waals surface area contributed by atoms with Crippen molar-refractivity contribution < 1.29 is 23.8 Å². The highest BCUT2D eigenvalue weighted by atomic mass is 16.7. The van der Waals surface area contributed by atoms with E-state index in [1.165, 1.54) is 19.1 Å². The number of ether oxygens (including phenoxy) is 3. The molecule has 1 N–H and O–H groups in total. The Morgan fingerprint density at radius 2 is 1.96 bits per heavy atom. The fourth-order valence-corrected chi connectivity index (χ4v) is 4.41. The molecule has 28 heavy (non-hydrogen) atoms. The van der Waals surface area contributed by atoms with Gasteiger partial charge >= 0.3 is 0 Å². The molecule has 0 bridgehead atoms. The first-order chi connectivity index (χ1) is 13.4. The van der Waals surface area contributed by atoms with Gasteiger partial charge in [-0.25, -0.2) is 0 Å². The number of nitrogens with one attached hydrogen (secondary N) is 1. The van der Waals surface area contributed by atoms with Crippen molar-refractivity contribution in [1.29, 1.82) is 0 Å². The van der Waals surface area contributed by atoms with Crippen LogP contribution in [0.4, 0.5) is 0 Å². The van der Waals surface area contributed by atoms with E-state index in [-0.39, 0.29) is 24.9 Å². The van der Waals surface area contributed by atoms with Crippen molar-refractivity contribution in [3.05, 3.63) is 29.5 Å². The van der Waals surface area contributed by atoms with Crippen LogP contribution in [0.1, 0.15) is 18.2 Å². The van der Waals surface area contributed by atoms with Gasteiger partial charge in [-0.15, -0.1) is 0 Å². The maximum absolute atomic E-state index is 13.5. The topological polar surface area (TPSA) is 84.1 Å². The molecular formula is C20H25N3O5. The van der Waals surface area contributed by atoms with Gasteiger partial charge in [0.1, 0.15) is 12.3 Å². The molecule has 1 aromatic heterocycles. The van der Waals surface area contributed by atoms with E-state index >= 15 is 0 Å². The molecular weight excluding hydrogens is 362 g/mol. The summed E-state index contributed by atoms with van der Waals surface area (Å²) >= 11 is 0. The van der Waals surface area contributed by atoms with Gasteiger partial charge in [0.2, 0.25) is 5.91 Å². The highest BCUT2D eigenvalue weighted by Crippen LogP contribution is 2.42. The minimum Gasteiger partial charge on any atom is -0.497 e. The Bertz CT molecular complexity index is 935. The molecule has 1 fully saturated rings. The van der Waals surface area contributed by atoms with Gasteiger partial charge in [-0.3, -0.25) is 9.59 Å². The summed E-state index contributed by atoms with van der Waals surface area (Å²) in [6, 6.07) is 5.80. The van der Waals surface area contributed by atoms with Crippen LogP contribution in [0.15, 0.2) is 18.2 Å². The van der Waals surface area contributed by atoms with Crippen LogP contribution in [-0.2, 0) is 31.0 Å². The summed E-state index contributed by atoms with van der Waals surface area (Å²) in [5.41, 5.74) is 1.68. The van der Waals surface area contributed by atoms with Crippen molar-refractivity contribution in [3.8, 4) is 5.75 Å². The summed E-state index contributed by atoms with van der Waals surface area (Å²) in [5, 5.41) is 1.03. The third-order valence-electron chi connectivity index (χ3n) is 5.95. The number of carbonyl (C=O) groups is 2. The van der Waals surface area contributed by atoms with E-state index in [0.29, 0.717) is 13.0 Å². The number of methoxy groups -OCH3 is 3. The summed E-state index contributed by atoms with van der Waals surface area (Å²) in [6.45, 7) is 2.55. The second-order valence-electron chi connectivity index (χ2n) is 7.34. The van der Waals surface area contributed by atoms with Crippen LogP contribution >= 0.6 is 0 Å². The van der Waals surface area contributed by atoms with Crippen LogP contribution in [0.25, 0.3) is 10.9 Å². The number of rotatable bonds is 5. The van der Waals surface area contributed by atoms with Crippen LogP contribution in [-0.4, -0.2) is 73.9 Å². The first-order valence-electron chi connectivity index (χ1n) is 9.28. The highest BCUT2D eigenvalue weighted by molar-refractivity contribution is 6.00. The van der Waals surface area contributed by atoms with Gasteiger partial charge in [0.05, 0.1) is 19.3 Å². The SMILES string of the molecule is COc1ccc2[nH]c3c(c2c1)CCN1C(=O)CN(CC(OC)OC)C(=O)[C@@]31C. The van der Waals surface area contributed by atoms with Gasteiger partial charge in [-0.05, 0) is 37.1 Å². The number of H-pyrrole nitrogens is 1. The van der Waals surface area contributed by atoms with E-state index < -0.39 is 11.8 Å². The molecule has 2 aromatic rings. The molecule has 8 nitrogen and oxygen atoms in total. The molecule has 0 saturated carbocycles. The largest absolute Gasteiger partial charge is 0.497 e. The molecule has 4 rings (SSSR count). The Hall–Kier alpha value is -2.58. The summed E-state index contributed by atoms with van der Waals surface area (Å²) in [7, 11) is 4.66. The molecule has 8 heteroatoms. The zero-order chi connectivity index (χ0) is 20.1. The van der Waals surface area contributed by atoms with Gasteiger partial charge in [-0.1, -0.05) is 0 Å². The van der Waals surface area contributed by atoms with Gasteiger partial charge in [-0.2, -0.15) is 0 Å². The van der Waals surface area contributed by atoms with E-state index in [9.17, 15) is 9.59 Å². The summed E-state index contributed by atoms with van der Waals surface area (Å²) in [4.78, 5) is 33.0. The number of amides is 2. The quantitative estimate of drug-likeness (QED) is 0.781. The Balaban J connectivity index is 1.80. The average molecular weight is 387 g/mol. The number of nitrogens with zero attached hydrogens (tertiary/aromatic N) is 2. The number of fused-ring (bicyclic) bond motifs is 5. The molecule has 0 radical (unpaired) electrons. The maximum Gasteiger partial charge on any atom is 0.255 e. The standard InChI is InChI=1S/C20H25N3O5/c1-20-18-13(14-9-12(26-2)5-6-15(14)21-18)7-8-23(20)16(24)10-22(19(20)25)11-17(27-3)28-4/h5-6,9,17,21H,7-8,10-11H2,1-4H3/t20-/m1/s1. The average Bonchev–Trinajstić information content (AvgIpc) is 3.08. The number of aromatic amines is 1. The number of aromatic nitrogens is 1. The number of carbonyl (C=O) groups excluding carboxylic acids is 2. The van der Waals surface area contributed by atoms with Gasteiger partial charge < -0.3 is 29.0 Å². The first kappa shape index (κ1) is 18.8. The third kappa shape index (κ3) is 2.59. The minimum absolute atomic E-state index is 0.0288. The third-order valence-corrected chi connectivity index (χ3v) is 5.95. The second kappa shape index (κ2) is 6.79. The second-order valence-corrected chi connectivity index (χ2v) is 7.34. The Morgan fingerprint density at radius 1 is 1.21 bits per heavy atom. The summed E-state index contributed by atoms with van der Waals surface area (Å²) < 4.78 is 15.8. The van der Waals surface area contributed by atoms with Gasteiger partial charge in [0.25, 0.3) is 5.91 Å². The lowest BCUT2D eigenvalue weighted by Crippen LogP contribution is -2.67. The van der Waals surface area contributed by atoms with Crippen molar-refractivity contribution in [1.82, 2.24) is 14.8 Å². The van der Waals surface area contributed by atoms with E-state index in [4.69, 9.17) is 14.2 Å². The molecule has 150 valence electrons. The monoisotopic (exact) mass is 387 g/mol. The van der Waals surface area contributed by atoms with E-state index in [0.717, 1.165) is 27.9 Å². The van der Waals surface area contributed by atoms with Crippen molar-refractivity contribution >= 4 is 22.7 Å². The van der Waals surface area contributed by atoms with E-state index in [1.807, 2.05) is 25.1 Å². The van der Waals surface area contributed by atoms with Crippen LogP contribution in [0.5, 0.6) is 5.75 Å². The molecule has 2 aliphatic rings. The summed E-state index contributed by atoms with van der Waals surface area (Å²) in [5.74, 6) is 0.554. The van der Waals surface area contributed by atoms with Crippen LogP contribution in [0.2, 0.25) is 0 Å². The van der Waals surface area contributed by atoms with Crippen LogP contribution < -0.4 is 4.74 Å². The fourth-order valence-electron chi connectivity index (χ4n) is 4.41. The number of hydrogen-bond donors (Lipinski definition) is 1. The molecule has 1 atom stereocenters. The van der Waals surface area contributed by atoms with Crippen molar-refractivity contribution in [2.24, 2.45) is 0 Å². The zero-order valence-corrected chi connectivity index (χ0v) is 16.6. The fraction of sp³-hybridized carbons (Fsp3) is 0.500. The molecule has 1 saturated heterocycles. The molecule has 1 aromatic carbocycles. The van der Waals surface area contributed by atoms with E-state index in [2.05, 4.69) is 4.98 Å². The predicted molar refractivity (Wildman–Crippen MR) is 102 cm³/mol. The predicted octanol–water partition coefficient (Wildman–Crippen LogP) is 1.24.